The van der Waals surface area contributed by atoms with E-state index in [1.807, 2.05) is 19.9 Å². The van der Waals surface area contributed by atoms with Gasteiger partial charge in [0.15, 0.2) is 0 Å². The normalized spacial score (nSPS) is 9.71. The van der Waals surface area contributed by atoms with Crippen LogP contribution in [0.2, 0.25) is 0 Å². The first-order valence-corrected chi connectivity index (χ1v) is 4.77. The van der Waals surface area contributed by atoms with Crippen LogP contribution in [0, 0.1) is 13.8 Å². The molecule has 0 radical (unpaired) electrons. The monoisotopic (exact) mass is 191 g/mol. The van der Waals surface area contributed by atoms with Gasteiger partial charge in [-0.3, -0.25) is 0 Å². The molecule has 0 fully saturated rings. The SMILES string of the molecule is CC(C)=CCNc1nc(C)cc(C)n1. The smallest absolute Gasteiger partial charge is 0.223 e. The van der Waals surface area contributed by atoms with Crippen LogP contribution in [0.25, 0.3) is 0 Å². The van der Waals surface area contributed by atoms with E-state index in [0.29, 0.717) is 5.95 Å². The minimum Gasteiger partial charge on any atom is -0.351 e. The molecule has 1 N–H and O–H groups in total. The molecular formula is C11H17N3. The van der Waals surface area contributed by atoms with E-state index in [0.717, 1.165) is 17.9 Å². The zero-order valence-electron chi connectivity index (χ0n) is 9.26. The number of rotatable bonds is 3. The van der Waals surface area contributed by atoms with Gasteiger partial charge >= 0.3 is 0 Å². The number of hydrogen-bond acceptors (Lipinski definition) is 3. The molecule has 0 aromatic carbocycles. The molecule has 1 aromatic heterocycles. The second-order valence-corrected chi connectivity index (χ2v) is 3.64. The number of aromatic nitrogens is 2. The predicted molar refractivity (Wildman–Crippen MR) is 59.4 cm³/mol. The van der Waals surface area contributed by atoms with Crippen LogP contribution in [0.4, 0.5) is 5.95 Å². The Morgan fingerprint density at radius 2 is 1.86 bits per heavy atom. The molecule has 0 bridgehead atoms. The average Bonchev–Trinajstić information content (AvgIpc) is 2.01. The molecule has 14 heavy (non-hydrogen) atoms. The molecule has 0 unspecified atom stereocenters. The van der Waals surface area contributed by atoms with Gasteiger partial charge in [-0.15, -0.1) is 0 Å². The van der Waals surface area contributed by atoms with Crippen LogP contribution in [-0.2, 0) is 0 Å². The van der Waals surface area contributed by atoms with Crippen molar-refractivity contribution in [3.05, 3.63) is 29.1 Å². The second kappa shape index (κ2) is 4.74. The lowest BCUT2D eigenvalue weighted by atomic mass is 10.3. The quantitative estimate of drug-likeness (QED) is 0.746. The zero-order chi connectivity index (χ0) is 10.6. The Morgan fingerprint density at radius 3 is 2.36 bits per heavy atom. The van der Waals surface area contributed by atoms with Gasteiger partial charge in [0.2, 0.25) is 5.95 Å². The van der Waals surface area contributed by atoms with Gasteiger partial charge in [0.25, 0.3) is 0 Å². The van der Waals surface area contributed by atoms with Crippen molar-refractivity contribution in [2.45, 2.75) is 27.7 Å². The highest BCUT2D eigenvalue weighted by molar-refractivity contribution is 5.28. The third-order valence-corrected chi connectivity index (χ3v) is 1.75. The van der Waals surface area contributed by atoms with Crippen molar-refractivity contribution in [3.8, 4) is 0 Å². The third-order valence-electron chi connectivity index (χ3n) is 1.75. The first-order chi connectivity index (χ1) is 6.58. The van der Waals surface area contributed by atoms with Crippen LogP contribution in [0.1, 0.15) is 25.2 Å². The molecule has 0 atom stereocenters. The number of aryl methyl sites for hydroxylation is 2. The van der Waals surface area contributed by atoms with Crippen molar-refractivity contribution in [2.24, 2.45) is 0 Å². The molecular weight excluding hydrogens is 174 g/mol. The Labute approximate surface area is 85.3 Å². The van der Waals surface area contributed by atoms with Crippen LogP contribution in [0.15, 0.2) is 17.7 Å². The number of anilines is 1. The zero-order valence-corrected chi connectivity index (χ0v) is 9.26. The van der Waals surface area contributed by atoms with Crippen molar-refractivity contribution in [1.29, 1.82) is 0 Å². The summed E-state index contributed by atoms with van der Waals surface area (Å²) in [5, 5.41) is 3.16. The highest BCUT2D eigenvalue weighted by Gasteiger charge is 1.96. The summed E-state index contributed by atoms with van der Waals surface area (Å²) < 4.78 is 0. The van der Waals surface area contributed by atoms with E-state index in [2.05, 4.69) is 35.2 Å². The lowest BCUT2D eigenvalue weighted by Gasteiger charge is -2.03. The van der Waals surface area contributed by atoms with Gasteiger partial charge in [0, 0.05) is 17.9 Å². The Balaban J connectivity index is 2.63. The largest absolute Gasteiger partial charge is 0.351 e. The van der Waals surface area contributed by atoms with Crippen molar-refractivity contribution in [1.82, 2.24) is 9.97 Å². The molecule has 1 heterocycles. The summed E-state index contributed by atoms with van der Waals surface area (Å²) in [6, 6.07) is 1.96. The number of nitrogens with zero attached hydrogens (tertiary/aromatic N) is 2. The molecule has 3 heteroatoms. The van der Waals surface area contributed by atoms with Crippen LogP contribution < -0.4 is 5.32 Å². The summed E-state index contributed by atoms with van der Waals surface area (Å²) in [5.41, 5.74) is 3.29. The van der Waals surface area contributed by atoms with E-state index in [1.54, 1.807) is 0 Å². The van der Waals surface area contributed by atoms with Crippen molar-refractivity contribution in [2.75, 3.05) is 11.9 Å². The van der Waals surface area contributed by atoms with E-state index in [4.69, 9.17) is 0 Å². The van der Waals surface area contributed by atoms with Gasteiger partial charge in [-0.1, -0.05) is 11.6 Å². The second-order valence-electron chi connectivity index (χ2n) is 3.64. The standard InChI is InChI=1S/C11H17N3/c1-8(2)5-6-12-11-13-9(3)7-10(4)14-11/h5,7H,6H2,1-4H3,(H,12,13,14). The summed E-state index contributed by atoms with van der Waals surface area (Å²) in [4.78, 5) is 8.56. The summed E-state index contributed by atoms with van der Waals surface area (Å²) in [7, 11) is 0. The van der Waals surface area contributed by atoms with Gasteiger partial charge in [-0.25, -0.2) is 9.97 Å². The van der Waals surface area contributed by atoms with E-state index < -0.39 is 0 Å². The van der Waals surface area contributed by atoms with Crippen LogP contribution in [0.5, 0.6) is 0 Å². The molecule has 76 valence electrons. The molecule has 1 aromatic rings. The third kappa shape index (κ3) is 3.56. The van der Waals surface area contributed by atoms with Crippen LogP contribution in [0.3, 0.4) is 0 Å². The molecule has 0 aliphatic rings. The highest BCUT2D eigenvalue weighted by atomic mass is 15.1. The molecule has 1 rings (SSSR count). The van der Waals surface area contributed by atoms with Gasteiger partial charge < -0.3 is 5.32 Å². The number of hydrogen-bond donors (Lipinski definition) is 1. The highest BCUT2D eigenvalue weighted by Crippen LogP contribution is 2.03. The van der Waals surface area contributed by atoms with E-state index in [1.165, 1.54) is 5.57 Å². The predicted octanol–water partition coefficient (Wildman–Crippen LogP) is 2.47. The Hall–Kier alpha value is -1.38. The fourth-order valence-corrected chi connectivity index (χ4v) is 1.15. The molecule has 0 saturated heterocycles. The van der Waals surface area contributed by atoms with Crippen molar-refractivity contribution in [3.63, 3.8) is 0 Å². The molecule has 0 aliphatic heterocycles. The maximum atomic E-state index is 4.28. The minimum atomic E-state index is 0.708. The number of allylic oxidation sites excluding steroid dienone is 1. The molecule has 0 saturated carbocycles. The summed E-state index contributed by atoms with van der Waals surface area (Å²) in [6.07, 6.45) is 2.11. The fraction of sp³-hybridized carbons (Fsp3) is 0.455. The van der Waals surface area contributed by atoms with E-state index in [9.17, 15) is 0 Å². The molecule has 0 amide bonds. The van der Waals surface area contributed by atoms with Gasteiger partial charge in [-0.2, -0.15) is 0 Å². The topological polar surface area (TPSA) is 37.8 Å². The van der Waals surface area contributed by atoms with Crippen molar-refractivity contribution < 1.29 is 0 Å². The Bertz CT molecular complexity index is 318. The maximum absolute atomic E-state index is 4.28. The first kappa shape index (κ1) is 10.7. The minimum absolute atomic E-state index is 0.708. The lowest BCUT2D eigenvalue weighted by Crippen LogP contribution is -2.05. The lowest BCUT2D eigenvalue weighted by molar-refractivity contribution is 1.03. The van der Waals surface area contributed by atoms with E-state index in [-0.39, 0.29) is 0 Å². The molecule has 3 nitrogen and oxygen atoms in total. The first-order valence-electron chi connectivity index (χ1n) is 4.77. The van der Waals surface area contributed by atoms with Crippen LogP contribution in [-0.4, -0.2) is 16.5 Å². The summed E-state index contributed by atoms with van der Waals surface area (Å²) in [5.74, 6) is 0.708. The summed E-state index contributed by atoms with van der Waals surface area (Å²) in [6.45, 7) is 8.88. The number of nitrogens with one attached hydrogen (secondary N) is 1. The van der Waals surface area contributed by atoms with Gasteiger partial charge in [-0.05, 0) is 33.8 Å². The van der Waals surface area contributed by atoms with Crippen molar-refractivity contribution >= 4 is 5.95 Å². The van der Waals surface area contributed by atoms with Crippen LogP contribution >= 0.6 is 0 Å². The Kier molecular flexibility index (Phi) is 3.63. The fourth-order valence-electron chi connectivity index (χ4n) is 1.15. The Morgan fingerprint density at radius 1 is 1.29 bits per heavy atom. The van der Waals surface area contributed by atoms with Gasteiger partial charge in [0.05, 0.1) is 0 Å². The molecule has 0 spiro atoms. The average molecular weight is 191 g/mol. The van der Waals surface area contributed by atoms with E-state index >= 15 is 0 Å². The maximum Gasteiger partial charge on any atom is 0.223 e. The van der Waals surface area contributed by atoms with Gasteiger partial charge in [0.1, 0.15) is 0 Å². The molecule has 0 aliphatic carbocycles. The summed E-state index contributed by atoms with van der Waals surface area (Å²) >= 11 is 0.